The number of rotatable bonds is 4. The van der Waals surface area contributed by atoms with Crippen molar-refractivity contribution in [3.05, 3.63) is 170 Å². The molecule has 0 spiro atoms. The van der Waals surface area contributed by atoms with Crippen LogP contribution in [0.1, 0.15) is 0 Å². The van der Waals surface area contributed by atoms with Gasteiger partial charge in [0.1, 0.15) is 0 Å². The Balaban J connectivity index is 1.28. The minimum absolute atomic E-state index is 0.598. The van der Waals surface area contributed by atoms with Crippen molar-refractivity contribution in [1.82, 2.24) is 19.5 Å². The lowest BCUT2D eigenvalue weighted by molar-refractivity contribution is 0.955. The topological polar surface area (TPSA) is 43.6 Å². The third-order valence-electron chi connectivity index (χ3n) is 10.2. The number of thiophene rings is 1. The quantitative estimate of drug-likeness (QED) is 0.186. The first-order chi connectivity index (χ1) is 25.8. The number of benzene rings is 8. The monoisotopic (exact) mass is 680 g/mol. The molecular formula is C47H28N4S. The van der Waals surface area contributed by atoms with Crippen LogP contribution in [0.4, 0.5) is 0 Å². The predicted molar refractivity (Wildman–Crippen MR) is 218 cm³/mol. The Morgan fingerprint density at radius 3 is 1.77 bits per heavy atom. The van der Waals surface area contributed by atoms with Gasteiger partial charge in [-0.3, -0.25) is 4.57 Å². The number of fused-ring (bicyclic) bond motifs is 11. The van der Waals surface area contributed by atoms with E-state index in [9.17, 15) is 0 Å². The van der Waals surface area contributed by atoms with Crippen molar-refractivity contribution in [2.75, 3.05) is 0 Å². The minimum atomic E-state index is 0.598. The molecule has 0 fully saturated rings. The van der Waals surface area contributed by atoms with Gasteiger partial charge < -0.3 is 0 Å². The van der Waals surface area contributed by atoms with Gasteiger partial charge in [0, 0.05) is 47.5 Å². The molecule has 0 saturated heterocycles. The van der Waals surface area contributed by atoms with Gasteiger partial charge in [-0.15, -0.1) is 11.3 Å². The summed E-state index contributed by atoms with van der Waals surface area (Å²) >= 11 is 1.89. The molecule has 0 atom stereocenters. The number of nitrogens with zero attached hydrogens (tertiary/aromatic N) is 4. The third kappa shape index (κ3) is 4.36. The maximum atomic E-state index is 5.22. The second-order valence-electron chi connectivity index (χ2n) is 13.2. The van der Waals surface area contributed by atoms with Crippen molar-refractivity contribution >= 4 is 74.9 Å². The second-order valence-corrected chi connectivity index (χ2v) is 14.2. The van der Waals surface area contributed by atoms with Crippen LogP contribution in [0.15, 0.2) is 170 Å². The van der Waals surface area contributed by atoms with E-state index in [1.165, 1.54) is 63.6 Å². The standard InChI is InChI=1S/C47H28N4S/c1-3-15-30(16-4-1)45-48-46(31-17-5-2-6-18-31)50-47(49-45)51-39-25-12-11-22-37(39)41-42(51)36-21-10-9-20-35(36)40-38-24-13-23-34(43(38)52-44(40)41)33-27-26-29-14-7-8-19-32(29)28-33/h1-28H. The summed E-state index contributed by atoms with van der Waals surface area (Å²) in [6.07, 6.45) is 0. The molecule has 3 aromatic heterocycles. The van der Waals surface area contributed by atoms with Gasteiger partial charge in [0.15, 0.2) is 11.6 Å². The molecular weight excluding hydrogens is 653 g/mol. The van der Waals surface area contributed by atoms with Gasteiger partial charge in [-0.05, 0) is 39.4 Å². The number of hydrogen-bond donors (Lipinski definition) is 0. The fourth-order valence-corrected chi connectivity index (χ4v) is 9.30. The molecule has 0 saturated carbocycles. The lowest BCUT2D eigenvalue weighted by Gasteiger charge is -2.12. The van der Waals surface area contributed by atoms with Crippen LogP contribution in [0.3, 0.4) is 0 Å². The number of aromatic nitrogens is 4. The fourth-order valence-electron chi connectivity index (χ4n) is 7.88. The third-order valence-corrected chi connectivity index (χ3v) is 11.5. The van der Waals surface area contributed by atoms with Gasteiger partial charge >= 0.3 is 0 Å². The average molecular weight is 681 g/mol. The molecule has 0 N–H and O–H groups in total. The van der Waals surface area contributed by atoms with Crippen LogP contribution >= 0.6 is 11.3 Å². The molecule has 0 bridgehead atoms. The molecule has 11 rings (SSSR count). The summed E-state index contributed by atoms with van der Waals surface area (Å²) in [7, 11) is 0. The molecule has 52 heavy (non-hydrogen) atoms. The van der Waals surface area contributed by atoms with Crippen LogP contribution in [0.5, 0.6) is 0 Å². The van der Waals surface area contributed by atoms with E-state index in [1.807, 2.05) is 47.7 Å². The molecule has 5 heteroatoms. The highest BCUT2D eigenvalue weighted by atomic mass is 32.1. The summed E-state index contributed by atoms with van der Waals surface area (Å²) in [5, 5.41) is 9.85. The zero-order valence-corrected chi connectivity index (χ0v) is 28.7. The summed E-state index contributed by atoms with van der Waals surface area (Å²) in [5.74, 6) is 1.88. The highest BCUT2D eigenvalue weighted by Gasteiger charge is 2.24. The number of para-hydroxylation sites is 1. The van der Waals surface area contributed by atoms with E-state index in [4.69, 9.17) is 15.0 Å². The Morgan fingerprint density at radius 1 is 0.404 bits per heavy atom. The zero-order chi connectivity index (χ0) is 34.2. The largest absolute Gasteiger partial charge is 0.277 e. The van der Waals surface area contributed by atoms with Gasteiger partial charge in [0.2, 0.25) is 5.95 Å². The van der Waals surface area contributed by atoms with E-state index in [-0.39, 0.29) is 0 Å². The van der Waals surface area contributed by atoms with Crippen molar-refractivity contribution in [3.63, 3.8) is 0 Å². The summed E-state index contributed by atoms with van der Waals surface area (Å²) in [6.45, 7) is 0. The van der Waals surface area contributed by atoms with Gasteiger partial charge in [-0.1, -0.05) is 158 Å². The SMILES string of the molecule is c1ccc(-c2nc(-c3ccccc3)nc(-n3c4ccccc4c4c5sc6c(-c7ccc8ccccc8c7)cccc6c5c5ccccc5c43)n2)cc1. The molecule has 0 aliphatic carbocycles. The lowest BCUT2D eigenvalue weighted by atomic mass is 9.97. The first-order valence-corrected chi connectivity index (χ1v) is 18.3. The molecule has 11 aromatic rings. The summed E-state index contributed by atoms with van der Waals surface area (Å²) in [6, 6.07) is 60.1. The van der Waals surface area contributed by atoms with Crippen LogP contribution in [0.25, 0.3) is 103 Å². The van der Waals surface area contributed by atoms with Crippen LogP contribution in [-0.4, -0.2) is 19.5 Å². The van der Waals surface area contributed by atoms with Crippen molar-refractivity contribution in [3.8, 4) is 39.9 Å². The number of hydrogen-bond acceptors (Lipinski definition) is 4. The Labute approximate surface area is 302 Å². The zero-order valence-electron chi connectivity index (χ0n) is 27.9. The van der Waals surface area contributed by atoms with E-state index in [1.54, 1.807) is 0 Å². The van der Waals surface area contributed by atoms with E-state index in [0.29, 0.717) is 17.6 Å². The van der Waals surface area contributed by atoms with Crippen LogP contribution in [-0.2, 0) is 0 Å². The second kappa shape index (κ2) is 11.4. The first kappa shape index (κ1) is 29.1. The van der Waals surface area contributed by atoms with Gasteiger partial charge in [-0.2, -0.15) is 9.97 Å². The van der Waals surface area contributed by atoms with E-state index in [2.05, 4.69) is 138 Å². The molecule has 0 unspecified atom stereocenters. The minimum Gasteiger partial charge on any atom is -0.277 e. The first-order valence-electron chi connectivity index (χ1n) is 17.5. The van der Waals surface area contributed by atoms with Crippen molar-refractivity contribution < 1.29 is 0 Å². The maximum Gasteiger partial charge on any atom is 0.238 e. The summed E-state index contributed by atoms with van der Waals surface area (Å²) < 4.78 is 4.83. The van der Waals surface area contributed by atoms with Crippen LogP contribution in [0.2, 0.25) is 0 Å². The normalized spacial score (nSPS) is 11.8. The van der Waals surface area contributed by atoms with Gasteiger partial charge in [0.25, 0.3) is 0 Å². The van der Waals surface area contributed by atoms with Crippen molar-refractivity contribution in [2.45, 2.75) is 0 Å². The van der Waals surface area contributed by atoms with Crippen molar-refractivity contribution in [1.29, 1.82) is 0 Å². The van der Waals surface area contributed by atoms with E-state index in [0.717, 1.165) is 22.2 Å². The maximum absolute atomic E-state index is 5.22. The Kier molecular flexibility index (Phi) is 6.39. The average Bonchev–Trinajstić information content (AvgIpc) is 3.78. The summed E-state index contributed by atoms with van der Waals surface area (Å²) in [4.78, 5) is 15.5. The Morgan fingerprint density at radius 2 is 1.02 bits per heavy atom. The molecule has 4 nitrogen and oxygen atoms in total. The van der Waals surface area contributed by atoms with E-state index < -0.39 is 0 Å². The molecule has 0 aliphatic heterocycles. The highest BCUT2D eigenvalue weighted by molar-refractivity contribution is 7.27. The molecule has 0 radical (unpaired) electrons. The molecule has 0 aliphatic rings. The highest BCUT2D eigenvalue weighted by Crippen LogP contribution is 2.49. The molecule has 3 heterocycles. The fraction of sp³-hybridized carbons (Fsp3) is 0. The van der Waals surface area contributed by atoms with Crippen LogP contribution in [0, 0.1) is 0 Å². The molecule has 8 aromatic carbocycles. The molecule has 0 amide bonds. The lowest BCUT2D eigenvalue weighted by Crippen LogP contribution is -2.06. The summed E-state index contributed by atoms with van der Waals surface area (Å²) in [5.41, 5.74) is 6.54. The van der Waals surface area contributed by atoms with E-state index >= 15 is 0 Å². The smallest absolute Gasteiger partial charge is 0.238 e. The molecule has 242 valence electrons. The van der Waals surface area contributed by atoms with Crippen molar-refractivity contribution in [2.24, 2.45) is 0 Å². The van der Waals surface area contributed by atoms with Gasteiger partial charge in [0.05, 0.1) is 11.0 Å². The predicted octanol–water partition coefficient (Wildman–Crippen LogP) is 12.6. The van der Waals surface area contributed by atoms with Crippen LogP contribution < -0.4 is 0 Å². The Hall–Kier alpha value is -6.69. The van der Waals surface area contributed by atoms with Gasteiger partial charge in [-0.25, -0.2) is 4.98 Å². The Bertz CT molecular complexity index is 3120.